The maximum atomic E-state index is 13.3. The standard InChI is InChI=1S/C31H42BrF3N6O4/c1-6-21-17-22-24(25(23(21)32)44-20-31(33,34)35)36-27(40-13-11-38(12-14-40)15-16-43-5)37-26(22)39-9-7-30(8-10-39)18-41(19-30)28(42)45-29(2,3)4/h6,17H,1,7-16,18-20H2,2-5H3. The van der Waals surface area contributed by atoms with Gasteiger partial charge in [-0.2, -0.15) is 18.2 Å². The third-order valence-corrected chi connectivity index (χ3v) is 9.39. The van der Waals surface area contributed by atoms with Gasteiger partial charge in [0.1, 0.15) is 16.9 Å². The van der Waals surface area contributed by atoms with Gasteiger partial charge in [-0.1, -0.05) is 12.7 Å². The molecule has 0 saturated carbocycles. The number of methoxy groups -OCH3 is 1. The molecule has 1 amide bonds. The van der Waals surface area contributed by atoms with Crippen molar-refractivity contribution in [2.45, 2.75) is 45.4 Å². The van der Waals surface area contributed by atoms with Crippen LogP contribution < -0.4 is 14.5 Å². The first-order valence-corrected chi connectivity index (χ1v) is 16.1. The molecule has 3 fully saturated rings. The van der Waals surface area contributed by atoms with Crippen LogP contribution in [0.25, 0.3) is 17.0 Å². The van der Waals surface area contributed by atoms with E-state index in [1.165, 1.54) is 0 Å². The number of ether oxygens (including phenoxy) is 3. The Balaban J connectivity index is 1.44. The van der Waals surface area contributed by atoms with Crippen LogP contribution in [0.1, 0.15) is 39.2 Å². The first-order valence-electron chi connectivity index (χ1n) is 15.3. The number of alkyl halides is 3. The Morgan fingerprint density at radius 3 is 2.31 bits per heavy atom. The van der Waals surface area contributed by atoms with Gasteiger partial charge in [0, 0.05) is 76.8 Å². The van der Waals surface area contributed by atoms with Crippen molar-refractivity contribution in [3.63, 3.8) is 0 Å². The molecule has 0 atom stereocenters. The Morgan fingerprint density at radius 1 is 1.07 bits per heavy atom. The third-order valence-electron chi connectivity index (χ3n) is 8.58. The zero-order chi connectivity index (χ0) is 32.6. The number of carbonyl (C=O) groups excluding carboxylic acids is 1. The molecule has 2 aromatic rings. The predicted octanol–water partition coefficient (Wildman–Crippen LogP) is 5.58. The molecule has 10 nitrogen and oxygen atoms in total. The van der Waals surface area contributed by atoms with Crippen LogP contribution in [0.4, 0.5) is 29.7 Å². The predicted molar refractivity (Wildman–Crippen MR) is 171 cm³/mol. The molecule has 0 bridgehead atoms. The van der Waals surface area contributed by atoms with Crippen molar-refractivity contribution in [3.05, 3.63) is 22.7 Å². The fraction of sp³-hybridized carbons (Fsp3) is 0.645. The van der Waals surface area contributed by atoms with E-state index in [1.807, 2.05) is 26.8 Å². The topological polar surface area (TPSA) is 83.5 Å². The van der Waals surface area contributed by atoms with Crippen molar-refractivity contribution in [1.82, 2.24) is 19.8 Å². The SMILES string of the molecule is C=Cc1cc2c(N3CCC4(CC3)CN(C(=O)OC(C)(C)C)C4)nc(N3CCN(CCOC)CC3)nc2c(OCC(F)(F)F)c1Br. The van der Waals surface area contributed by atoms with Gasteiger partial charge in [0.2, 0.25) is 5.95 Å². The fourth-order valence-electron chi connectivity index (χ4n) is 6.14. The van der Waals surface area contributed by atoms with E-state index in [9.17, 15) is 18.0 Å². The van der Waals surface area contributed by atoms with Gasteiger partial charge in [0.25, 0.3) is 0 Å². The first kappa shape index (κ1) is 33.5. The van der Waals surface area contributed by atoms with Gasteiger partial charge < -0.3 is 28.9 Å². The van der Waals surface area contributed by atoms with Gasteiger partial charge >= 0.3 is 12.3 Å². The van der Waals surface area contributed by atoms with Crippen LogP contribution in [-0.2, 0) is 9.47 Å². The number of amides is 1. The second kappa shape index (κ2) is 13.1. The number of fused-ring (bicyclic) bond motifs is 1. The highest BCUT2D eigenvalue weighted by Gasteiger charge is 2.48. The number of hydrogen-bond acceptors (Lipinski definition) is 9. The summed E-state index contributed by atoms with van der Waals surface area (Å²) in [6, 6.07) is 1.85. The van der Waals surface area contributed by atoms with E-state index < -0.39 is 18.4 Å². The minimum Gasteiger partial charge on any atom is -0.481 e. The molecule has 3 aliphatic heterocycles. The number of aromatic nitrogens is 2. The lowest BCUT2D eigenvalue weighted by Gasteiger charge is -2.53. The van der Waals surface area contributed by atoms with Crippen LogP contribution in [-0.4, -0.2) is 117 Å². The van der Waals surface area contributed by atoms with E-state index in [0.717, 1.165) is 32.5 Å². The number of anilines is 2. The summed E-state index contributed by atoms with van der Waals surface area (Å²) in [6.45, 7) is 15.0. The van der Waals surface area contributed by atoms with E-state index in [4.69, 9.17) is 24.2 Å². The summed E-state index contributed by atoms with van der Waals surface area (Å²) in [4.78, 5) is 30.7. The lowest BCUT2D eigenvalue weighted by atomic mass is 9.72. The summed E-state index contributed by atoms with van der Waals surface area (Å²) >= 11 is 3.46. The highest BCUT2D eigenvalue weighted by atomic mass is 79.9. The molecule has 1 spiro atoms. The van der Waals surface area contributed by atoms with Crippen molar-refractivity contribution in [1.29, 1.82) is 0 Å². The summed E-state index contributed by atoms with van der Waals surface area (Å²) in [5, 5.41) is 0.604. The van der Waals surface area contributed by atoms with Crippen molar-refractivity contribution in [2.24, 2.45) is 5.41 Å². The van der Waals surface area contributed by atoms with E-state index >= 15 is 0 Å². The molecule has 3 aliphatic rings. The molecule has 0 aliphatic carbocycles. The molecule has 0 N–H and O–H groups in total. The Bertz CT molecular complexity index is 1390. The summed E-state index contributed by atoms with van der Waals surface area (Å²) in [5.74, 6) is 1.13. The number of likely N-dealkylation sites (tertiary alicyclic amines) is 1. The molecular formula is C31H42BrF3N6O4. The van der Waals surface area contributed by atoms with E-state index in [-0.39, 0.29) is 17.3 Å². The summed E-state index contributed by atoms with van der Waals surface area (Å²) in [5.41, 5.74) is 0.365. The molecule has 1 aromatic heterocycles. The smallest absolute Gasteiger partial charge is 0.422 e. The maximum absolute atomic E-state index is 13.3. The number of piperidine rings is 1. The normalized spacial score (nSPS) is 19.2. The molecular weight excluding hydrogens is 657 g/mol. The molecule has 0 unspecified atom stereocenters. The second-order valence-corrected chi connectivity index (χ2v) is 13.9. The van der Waals surface area contributed by atoms with Gasteiger partial charge in [-0.25, -0.2) is 9.78 Å². The molecule has 5 rings (SSSR count). The Kier molecular flexibility index (Phi) is 9.77. The Hall–Kier alpha value is -2.84. The van der Waals surface area contributed by atoms with Gasteiger partial charge in [-0.15, -0.1) is 0 Å². The summed E-state index contributed by atoms with van der Waals surface area (Å²) in [6.07, 6.45) is -1.56. The van der Waals surface area contributed by atoms with Crippen molar-refractivity contribution < 1.29 is 32.2 Å². The van der Waals surface area contributed by atoms with E-state index in [0.29, 0.717) is 78.6 Å². The molecule has 45 heavy (non-hydrogen) atoms. The molecule has 4 heterocycles. The zero-order valence-electron chi connectivity index (χ0n) is 26.4. The van der Waals surface area contributed by atoms with Crippen LogP contribution in [0.15, 0.2) is 17.1 Å². The molecule has 3 saturated heterocycles. The van der Waals surface area contributed by atoms with Crippen LogP contribution >= 0.6 is 15.9 Å². The second-order valence-electron chi connectivity index (χ2n) is 13.1. The minimum absolute atomic E-state index is 0.00782. The number of hydrogen-bond donors (Lipinski definition) is 0. The molecule has 0 radical (unpaired) electrons. The lowest BCUT2D eigenvalue weighted by Crippen LogP contribution is -2.62. The van der Waals surface area contributed by atoms with Gasteiger partial charge in [0.15, 0.2) is 12.4 Å². The average molecular weight is 700 g/mol. The van der Waals surface area contributed by atoms with Crippen molar-refractivity contribution in [2.75, 3.05) is 89.0 Å². The fourth-order valence-corrected chi connectivity index (χ4v) is 6.72. The van der Waals surface area contributed by atoms with Crippen LogP contribution in [0.5, 0.6) is 5.75 Å². The minimum atomic E-state index is -4.52. The number of nitrogens with zero attached hydrogens (tertiary/aromatic N) is 6. The number of carbonyl (C=O) groups is 1. The van der Waals surface area contributed by atoms with Gasteiger partial charge in [-0.05, 0) is 61.2 Å². The van der Waals surface area contributed by atoms with Crippen LogP contribution in [0, 0.1) is 5.41 Å². The first-order chi connectivity index (χ1) is 21.2. The number of benzene rings is 1. The van der Waals surface area contributed by atoms with Gasteiger partial charge in [-0.3, -0.25) is 4.90 Å². The summed E-state index contributed by atoms with van der Waals surface area (Å²) in [7, 11) is 1.68. The quantitative estimate of drug-likeness (QED) is 0.351. The Labute approximate surface area is 270 Å². The van der Waals surface area contributed by atoms with E-state index in [1.54, 1.807) is 18.1 Å². The largest absolute Gasteiger partial charge is 0.481 e. The molecule has 1 aromatic carbocycles. The average Bonchev–Trinajstić information content (AvgIpc) is 2.96. The highest BCUT2D eigenvalue weighted by Crippen LogP contribution is 2.45. The summed E-state index contributed by atoms with van der Waals surface area (Å²) < 4.78 is 56.6. The van der Waals surface area contributed by atoms with Crippen LogP contribution in [0.3, 0.4) is 0 Å². The van der Waals surface area contributed by atoms with Crippen LogP contribution in [0.2, 0.25) is 0 Å². The van der Waals surface area contributed by atoms with Crippen molar-refractivity contribution >= 4 is 50.8 Å². The maximum Gasteiger partial charge on any atom is 0.422 e. The zero-order valence-corrected chi connectivity index (χ0v) is 28.0. The van der Waals surface area contributed by atoms with E-state index in [2.05, 4.69) is 37.2 Å². The number of rotatable bonds is 8. The Morgan fingerprint density at radius 2 is 1.73 bits per heavy atom. The number of piperazine rings is 1. The van der Waals surface area contributed by atoms with Gasteiger partial charge in [0.05, 0.1) is 11.1 Å². The van der Waals surface area contributed by atoms with Crippen molar-refractivity contribution in [3.8, 4) is 5.75 Å². The third kappa shape index (κ3) is 7.76. The lowest BCUT2D eigenvalue weighted by molar-refractivity contribution is -0.153. The number of halogens is 4. The molecule has 248 valence electrons. The monoisotopic (exact) mass is 698 g/mol. The molecule has 14 heteroatoms. The highest BCUT2D eigenvalue weighted by molar-refractivity contribution is 9.10.